The van der Waals surface area contributed by atoms with Crippen molar-refractivity contribution in [3.63, 3.8) is 0 Å². The molecule has 0 amide bonds. The molecule has 0 bridgehead atoms. The second kappa shape index (κ2) is 14.3. The Morgan fingerprint density at radius 3 is 2.44 bits per heavy atom. The van der Waals surface area contributed by atoms with Gasteiger partial charge >= 0.3 is 0 Å². The molecule has 0 aromatic heterocycles. The van der Waals surface area contributed by atoms with Crippen LogP contribution in [0.4, 0.5) is 0 Å². The molecule has 1 saturated heterocycles. The van der Waals surface area contributed by atoms with Crippen molar-refractivity contribution in [1.29, 1.82) is 0 Å². The highest BCUT2D eigenvalue weighted by Gasteiger charge is 2.32. The molecule has 0 aromatic carbocycles. The zero-order chi connectivity index (χ0) is 24.1. The Morgan fingerprint density at radius 1 is 1.12 bits per heavy atom. The van der Waals surface area contributed by atoms with E-state index in [-0.39, 0.29) is 5.60 Å². The zero-order valence-corrected chi connectivity index (χ0v) is 22.0. The summed E-state index contributed by atoms with van der Waals surface area (Å²) in [5, 5.41) is 3.17. The van der Waals surface area contributed by atoms with Crippen molar-refractivity contribution in [2.75, 3.05) is 0 Å². The minimum atomic E-state index is -0.158. The van der Waals surface area contributed by atoms with Gasteiger partial charge in [0.05, 0.1) is 0 Å². The number of nitrogens with zero attached hydrogens (tertiary/aromatic N) is 1. The third kappa shape index (κ3) is 10.6. The van der Waals surface area contributed by atoms with Crippen LogP contribution < -0.4 is 0 Å². The van der Waals surface area contributed by atoms with E-state index in [0.717, 1.165) is 48.5 Å². The maximum absolute atomic E-state index is 11.1. The van der Waals surface area contributed by atoms with E-state index in [0.29, 0.717) is 5.70 Å². The lowest BCUT2D eigenvalue weighted by molar-refractivity contribution is -0.00748. The molecule has 0 aliphatic carbocycles. The standard InChI is InChI=1S/C29H47NO2/c1-9-28-26(21-27(30-31)23(4)5)18-20-29(8,32-28)19-12-17-25(7)16-11-15-24(6)14-10-13-22(2)3/h9,13,17,21,24H,10-12,14-16,18-20H2,1-8H3/b25-17+,26-21-,28-9-/t24-,29+/m0/s1. The lowest BCUT2D eigenvalue weighted by Crippen LogP contribution is -2.32. The van der Waals surface area contributed by atoms with Crippen LogP contribution >= 0.6 is 0 Å². The number of ether oxygens (including phenoxy) is 1. The number of allylic oxidation sites excluding steroid dienone is 8. The first-order valence-corrected chi connectivity index (χ1v) is 12.5. The van der Waals surface area contributed by atoms with Crippen molar-refractivity contribution in [2.45, 2.75) is 119 Å². The van der Waals surface area contributed by atoms with Gasteiger partial charge in [-0.05, 0) is 134 Å². The summed E-state index contributed by atoms with van der Waals surface area (Å²) in [7, 11) is 0. The van der Waals surface area contributed by atoms with E-state index in [1.165, 1.54) is 43.3 Å². The average molecular weight is 442 g/mol. The van der Waals surface area contributed by atoms with Crippen LogP contribution in [0, 0.1) is 10.8 Å². The average Bonchev–Trinajstić information content (AvgIpc) is 2.72. The van der Waals surface area contributed by atoms with Crippen LogP contribution in [0.15, 0.2) is 63.2 Å². The van der Waals surface area contributed by atoms with E-state index < -0.39 is 0 Å². The van der Waals surface area contributed by atoms with Crippen LogP contribution in [0.25, 0.3) is 0 Å². The van der Waals surface area contributed by atoms with Crippen LogP contribution in [0.1, 0.15) is 113 Å². The summed E-state index contributed by atoms with van der Waals surface area (Å²) in [5.41, 5.74) is 5.28. The van der Waals surface area contributed by atoms with Gasteiger partial charge in [0.25, 0.3) is 0 Å². The summed E-state index contributed by atoms with van der Waals surface area (Å²) in [6.07, 6.45) is 18.9. The number of hydrogen-bond donors (Lipinski definition) is 0. The maximum Gasteiger partial charge on any atom is 0.119 e. The predicted octanol–water partition coefficient (Wildman–Crippen LogP) is 9.73. The second-order valence-electron chi connectivity index (χ2n) is 10.3. The lowest BCUT2D eigenvalue weighted by atomic mass is 9.87. The van der Waals surface area contributed by atoms with Crippen molar-refractivity contribution in [3.05, 3.63) is 63.0 Å². The van der Waals surface area contributed by atoms with Crippen molar-refractivity contribution in [2.24, 2.45) is 11.1 Å². The summed E-state index contributed by atoms with van der Waals surface area (Å²) in [5.74, 6) is 1.69. The maximum atomic E-state index is 11.1. The molecule has 3 nitrogen and oxygen atoms in total. The topological polar surface area (TPSA) is 38.7 Å². The summed E-state index contributed by atoms with van der Waals surface area (Å²) in [4.78, 5) is 11.1. The quantitative estimate of drug-likeness (QED) is 0.223. The fourth-order valence-electron chi connectivity index (χ4n) is 4.15. The molecule has 0 unspecified atom stereocenters. The van der Waals surface area contributed by atoms with Gasteiger partial charge in [-0.1, -0.05) is 36.6 Å². The first-order valence-electron chi connectivity index (χ1n) is 12.5. The van der Waals surface area contributed by atoms with Crippen molar-refractivity contribution in [1.82, 2.24) is 0 Å². The molecular weight excluding hydrogens is 394 g/mol. The van der Waals surface area contributed by atoms with Gasteiger partial charge in [-0.15, -0.1) is 4.91 Å². The summed E-state index contributed by atoms with van der Waals surface area (Å²) in [6, 6.07) is 0. The second-order valence-corrected chi connectivity index (χ2v) is 10.3. The summed E-state index contributed by atoms with van der Waals surface area (Å²) >= 11 is 0. The number of nitroso groups, excluding NO2 is 1. The molecule has 1 heterocycles. The molecule has 3 heteroatoms. The van der Waals surface area contributed by atoms with E-state index in [2.05, 4.69) is 51.9 Å². The molecule has 1 aliphatic heterocycles. The van der Waals surface area contributed by atoms with Gasteiger partial charge in [-0.25, -0.2) is 0 Å². The smallest absolute Gasteiger partial charge is 0.119 e. The molecule has 180 valence electrons. The van der Waals surface area contributed by atoms with Crippen LogP contribution in [0.5, 0.6) is 0 Å². The Hall–Kier alpha value is -1.90. The predicted molar refractivity (Wildman–Crippen MR) is 139 cm³/mol. The third-order valence-corrected chi connectivity index (χ3v) is 6.43. The first-order chi connectivity index (χ1) is 15.1. The summed E-state index contributed by atoms with van der Waals surface area (Å²) < 4.78 is 6.40. The van der Waals surface area contributed by atoms with E-state index >= 15 is 0 Å². The van der Waals surface area contributed by atoms with Gasteiger partial charge in [-0.3, -0.25) is 0 Å². The Kier molecular flexibility index (Phi) is 12.6. The molecule has 0 N–H and O–H groups in total. The fourth-order valence-corrected chi connectivity index (χ4v) is 4.15. The van der Waals surface area contributed by atoms with Gasteiger partial charge in [0, 0.05) is 0 Å². The lowest BCUT2D eigenvalue weighted by Gasteiger charge is -2.37. The van der Waals surface area contributed by atoms with E-state index in [1.54, 1.807) is 0 Å². The Balaban J connectivity index is 2.50. The molecule has 1 rings (SSSR count). The van der Waals surface area contributed by atoms with Gasteiger partial charge in [-0.2, -0.15) is 0 Å². The highest BCUT2D eigenvalue weighted by atomic mass is 16.5. The molecule has 0 saturated carbocycles. The van der Waals surface area contributed by atoms with Gasteiger partial charge in [0.1, 0.15) is 17.1 Å². The normalized spacial score (nSPS) is 22.4. The molecule has 0 radical (unpaired) electrons. The Labute approximate surface area is 197 Å². The SMILES string of the molecule is C/C=C1\O[C@](C)(CC/C=C(\C)CCC[C@@H](C)CCC=C(C)C)CC\C1=C\C(N=O)=C(C)C. The largest absolute Gasteiger partial charge is 0.488 e. The molecule has 32 heavy (non-hydrogen) atoms. The molecule has 0 spiro atoms. The van der Waals surface area contributed by atoms with Crippen molar-refractivity contribution >= 4 is 0 Å². The Bertz CT molecular complexity index is 758. The Morgan fingerprint density at radius 2 is 1.84 bits per heavy atom. The molecule has 1 fully saturated rings. The van der Waals surface area contributed by atoms with Crippen LogP contribution in [0.3, 0.4) is 0 Å². The van der Waals surface area contributed by atoms with E-state index in [4.69, 9.17) is 4.74 Å². The highest BCUT2D eigenvalue weighted by molar-refractivity contribution is 5.37. The van der Waals surface area contributed by atoms with Gasteiger partial charge in [0.15, 0.2) is 0 Å². The van der Waals surface area contributed by atoms with Crippen molar-refractivity contribution < 1.29 is 4.74 Å². The molecular formula is C29H47NO2. The first kappa shape index (κ1) is 28.1. The van der Waals surface area contributed by atoms with Gasteiger partial charge in [0.2, 0.25) is 0 Å². The van der Waals surface area contributed by atoms with Crippen LogP contribution in [0.2, 0.25) is 0 Å². The minimum absolute atomic E-state index is 0.158. The highest BCUT2D eigenvalue weighted by Crippen LogP contribution is 2.38. The number of hydrogen-bond acceptors (Lipinski definition) is 3. The fraction of sp³-hybridized carbons (Fsp3) is 0.655. The summed E-state index contributed by atoms with van der Waals surface area (Å²) in [6.45, 7) is 17.0. The number of rotatable bonds is 12. The molecule has 1 aliphatic rings. The van der Waals surface area contributed by atoms with E-state index in [9.17, 15) is 4.91 Å². The van der Waals surface area contributed by atoms with Crippen LogP contribution in [-0.4, -0.2) is 5.60 Å². The van der Waals surface area contributed by atoms with E-state index in [1.807, 2.05) is 32.9 Å². The molecule has 0 aromatic rings. The molecule has 2 atom stereocenters. The van der Waals surface area contributed by atoms with Crippen LogP contribution in [-0.2, 0) is 4.74 Å². The van der Waals surface area contributed by atoms with Crippen molar-refractivity contribution in [3.8, 4) is 0 Å². The monoisotopic (exact) mass is 441 g/mol. The zero-order valence-electron chi connectivity index (χ0n) is 22.0. The minimum Gasteiger partial charge on any atom is -0.488 e. The van der Waals surface area contributed by atoms with Gasteiger partial charge < -0.3 is 4.74 Å². The third-order valence-electron chi connectivity index (χ3n) is 6.43.